The molecule has 0 aliphatic rings. The van der Waals surface area contributed by atoms with Crippen molar-refractivity contribution in [1.82, 2.24) is 0 Å². The predicted molar refractivity (Wildman–Crippen MR) is 200 cm³/mol. The van der Waals surface area contributed by atoms with Gasteiger partial charge in [0.25, 0.3) is 0 Å². The van der Waals surface area contributed by atoms with Gasteiger partial charge >= 0.3 is 0 Å². The molecule has 48 heavy (non-hydrogen) atoms. The van der Waals surface area contributed by atoms with Crippen LogP contribution in [0.3, 0.4) is 0 Å². The smallest absolute Gasteiger partial charge is 0.150 e. The molecular formula is C44H44O4. The fourth-order valence-corrected chi connectivity index (χ4v) is 6.73. The number of rotatable bonds is 16. The van der Waals surface area contributed by atoms with E-state index >= 15 is 0 Å². The summed E-state index contributed by atoms with van der Waals surface area (Å²) in [6, 6.07) is 32.5. The molecule has 6 aromatic rings. The fraction of sp³-hybridized carbons (Fsp3) is 0.273. The highest BCUT2D eigenvalue weighted by atomic mass is 16.5. The topological polar surface area (TPSA) is 52.6 Å². The largest absolute Gasteiger partial charge is 0.493 e. The van der Waals surface area contributed by atoms with Crippen molar-refractivity contribution in [2.24, 2.45) is 0 Å². The van der Waals surface area contributed by atoms with Crippen LogP contribution in [0.25, 0.3) is 54.6 Å². The molecule has 0 heterocycles. The summed E-state index contributed by atoms with van der Waals surface area (Å²) >= 11 is 0. The van der Waals surface area contributed by atoms with Gasteiger partial charge in [0, 0.05) is 22.3 Å². The summed E-state index contributed by atoms with van der Waals surface area (Å²) in [5, 5.41) is 5.95. The number of benzene rings is 6. The molecule has 0 spiro atoms. The Hall–Kier alpha value is -4.96. The normalized spacial score (nSPS) is 11.3. The van der Waals surface area contributed by atoms with Crippen molar-refractivity contribution in [3.05, 3.63) is 108 Å². The van der Waals surface area contributed by atoms with Gasteiger partial charge in [-0.3, -0.25) is 9.59 Å². The monoisotopic (exact) mass is 636 g/mol. The van der Waals surface area contributed by atoms with Gasteiger partial charge in [-0.25, -0.2) is 0 Å². The van der Waals surface area contributed by atoms with Gasteiger partial charge in [0.1, 0.15) is 11.5 Å². The molecule has 0 N–H and O–H groups in total. The Morgan fingerprint density at radius 1 is 0.479 bits per heavy atom. The lowest BCUT2D eigenvalue weighted by Gasteiger charge is -2.19. The van der Waals surface area contributed by atoms with Crippen LogP contribution in [-0.2, 0) is 0 Å². The van der Waals surface area contributed by atoms with Crippen LogP contribution in [0.2, 0.25) is 0 Å². The molecule has 0 saturated heterocycles. The minimum absolute atomic E-state index is 0.574. The molecule has 0 radical (unpaired) electrons. The summed E-state index contributed by atoms with van der Waals surface area (Å²) < 4.78 is 12.8. The summed E-state index contributed by atoms with van der Waals surface area (Å²) in [6.07, 6.45) is 10.7. The SMILES string of the molecule is CCCCCCOc1ccc2ccccc2c1-c1cc2cc(C=O)c(-c3c(OCCCCCC)ccc4ccccc34)cc2cc1C=O. The average Bonchev–Trinajstić information content (AvgIpc) is 3.13. The van der Waals surface area contributed by atoms with Gasteiger partial charge in [0.15, 0.2) is 12.6 Å². The van der Waals surface area contributed by atoms with E-state index in [2.05, 4.69) is 50.2 Å². The van der Waals surface area contributed by atoms with Gasteiger partial charge in [-0.05, 0) is 92.7 Å². The number of ether oxygens (including phenoxy) is 2. The maximum Gasteiger partial charge on any atom is 0.150 e. The second kappa shape index (κ2) is 15.8. The summed E-state index contributed by atoms with van der Waals surface area (Å²) in [4.78, 5) is 25.6. The quantitative estimate of drug-likeness (QED) is 0.0783. The lowest BCUT2D eigenvalue weighted by atomic mass is 9.88. The number of hydrogen-bond acceptors (Lipinski definition) is 4. The molecule has 0 aliphatic heterocycles. The van der Waals surface area contributed by atoms with Crippen LogP contribution in [0.5, 0.6) is 11.5 Å². The zero-order valence-electron chi connectivity index (χ0n) is 28.1. The van der Waals surface area contributed by atoms with Gasteiger partial charge in [-0.15, -0.1) is 0 Å². The standard InChI is InChI=1S/C44H44O4/c1-3-5-7-13-23-47-41-21-19-31-15-9-11-17-37(31)43(41)39-27-33-26-36(30-46)40(28-34(33)25-35(39)29-45)44-38-18-12-10-16-32(38)20-22-42(44)48-24-14-8-6-4-2/h9-12,15-22,25-30H,3-8,13-14,23-24H2,1-2H3. The number of carbonyl (C=O) groups excluding carboxylic acids is 2. The van der Waals surface area contributed by atoms with E-state index in [1.807, 2.05) is 60.7 Å². The van der Waals surface area contributed by atoms with E-state index in [-0.39, 0.29) is 0 Å². The van der Waals surface area contributed by atoms with Crippen molar-refractivity contribution in [3.63, 3.8) is 0 Å². The minimum Gasteiger partial charge on any atom is -0.493 e. The van der Waals surface area contributed by atoms with Crippen LogP contribution in [0.4, 0.5) is 0 Å². The molecule has 0 unspecified atom stereocenters. The third kappa shape index (κ3) is 6.99. The molecule has 0 fully saturated rings. The number of carbonyl (C=O) groups is 2. The minimum atomic E-state index is 0.574. The van der Waals surface area contributed by atoms with Gasteiger partial charge in [0.05, 0.1) is 13.2 Å². The summed E-state index contributed by atoms with van der Waals surface area (Å²) in [5.41, 5.74) is 4.54. The third-order valence-corrected chi connectivity index (χ3v) is 9.26. The zero-order chi connectivity index (χ0) is 33.3. The van der Waals surface area contributed by atoms with Crippen molar-refractivity contribution in [3.8, 4) is 33.8 Å². The Labute approximate surface area is 283 Å². The molecule has 0 amide bonds. The van der Waals surface area contributed by atoms with Crippen LogP contribution < -0.4 is 9.47 Å². The second-order valence-electron chi connectivity index (χ2n) is 12.6. The highest BCUT2D eigenvalue weighted by Crippen LogP contribution is 2.43. The van der Waals surface area contributed by atoms with Gasteiger partial charge in [-0.2, -0.15) is 0 Å². The van der Waals surface area contributed by atoms with E-state index in [1.54, 1.807) is 0 Å². The van der Waals surface area contributed by atoms with E-state index in [9.17, 15) is 9.59 Å². The lowest BCUT2D eigenvalue weighted by molar-refractivity contribution is 0.111. The lowest BCUT2D eigenvalue weighted by Crippen LogP contribution is -2.01. The molecule has 4 heteroatoms. The predicted octanol–water partition coefficient (Wildman–Crippen LogP) is 12.0. The van der Waals surface area contributed by atoms with E-state index in [4.69, 9.17) is 9.47 Å². The summed E-state index contributed by atoms with van der Waals surface area (Å²) in [7, 11) is 0. The maximum absolute atomic E-state index is 12.8. The Balaban J connectivity index is 1.49. The van der Waals surface area contributed by atoms with Crippen LogP contribution in [0.1, 0.15) is 85.9 Å². The molecule has 0 aliphatic carbocycles. The Kier molecular flexibility index (Phi) is 10.8. The van der Waals surface area contributed by atoms with Crippen molar-refractivity contribution in [2.45, 2.75) is 65.2 Å². The summed E-state index contributed by atoms with van der Waals surface area (Å²) in [5.74, 6) is 1.52. The number of fused-ring (bicyclic) bond motifs is 3. The van der Waals surface area contributed by atoms with Crippen LogP contribution >= 0.6 is 0 Å². The number of unbranched alkanes of at least 4 members (excludes halogenated alkanes) is 6. The number of hydrogen-bond donors (Lipinski definition) is 0. The highest BCUT2D eigenvalue weighted by Gasteiger charge is 2.20. The Morgan fingerprint density at radius 3 is 1.33 bits per heavy atom. The van der Waals surface area contributed by atoms with Gasteiger partial charge < -0.3 is 9.47 Å². The molecule has 0 atom stereocenters. The van der Waals surface area contributed by atoms with Crippen LogP contribution in [0, 0.1) is 0 Å². The third-order valence-electron chi connectivity index (χ3n) is 9.26. The first kappa shape index (κ1) is 33.0. The summed E-state index contributed by atoms with van der Waals surface area (Å²) in [6.45, 7) is 5.63. The first-order chi connectivity index (χ1) is 23.7. The zero-order valence-corrected chi connectivity index (χ0v) is 28.1. The molecule has 6 aromatic carbocycles. The highest BCUT2D eigenvalue weighted by molar-refractivity contribution is 6.10. The van der Waals surface area contributed by atoms with Crippen molar-refractivity contribution in [1.29, 1.82) is 0 Å². The van der Waals surface area contributed by atoms with Crippen LogP contribution in [-0.4, -0.2) is 25.8 Å². The maximum atomic E-state index is 12.8. The van der Waals surface area contributed by atoms with Gasteiger partial charge in [0.2, 0.25) is 0 Å². The second-order valence-corrected chi connectivity index (χ2v) is 12.6. The van der Waals surface area contributed by atoms with E-state index in [0.29, 0.717) is 24.3 Å². The first-order valence-corrected chi connectivity index (χ1v) is 17.5. The Morgan fingerprint density at radius 2 is 0.917 bits per heavy atom. The van der Waals surface area contributed by atoms with Crippen molar-refractivity contribution in [2.75, 3.05) is 13.2 Å². The van der Waals surface area contributed by atoms with Crippen molar-refractivity contribution >= 4 is 44.9 Å². The molecule has 0 bridgehead atoms. The van der Waals surface area contributed by atoms with E-state index in [0.717, 1.165) is 104 Å². The Bertz CT molecular complexity index is 1910. The molecule has 244 valence electrons. The fourth-order valence-electron chi connectivity index (χ4n) is 6.73. The first-order valence-electron chi connectivity index (χ1n) is 17.5. The average molecular weight is 637 g/mol. The van der Waals surface area contributed by atoms with Crippen molar-refractivity contribution < 1.29 is 19.1 Å². The molecule has 0 saturated carbocycles. The number of aldehydes is 2. The molecule has 4 nitrogen and oxygen atoms in total. The molecular weight excluding hydrogens is 592 g/mol. The molecule has 0 aromatic heterocycles. The van der Waals surface area contributed by atoms with E-state index in [1.165, 1.54) is 25.7 Å². The van der Waals surface area contributed by atoms with Crippen LogP contribution in [0.15, 0.2) is 97.1 Å². The van der Waals surface area contributed by atoms with Gasteiger partial charge in [-0.1, -0.05) is 113 Å². The van der Waals surface area contributed by atoms with E-state index < -0.39 is 0 Å². The molecule has 6 rings (SSSR count).